The summed E-state index contributed by atoms with van der Waals surface area (Å²) in [5, 5.41) is 1.24. The van der Waals surface area contributed by atoms with E-state index in [2.05, 4.69) is 0 Å². The van der Waals surface area contributed by atoms with Gasteiger partial charge in [-0.25, -0.2) is 4.79 Å². The first-order valence-electron chi connectivity index (χ1n) is 10.5. The molecule has 0 amide bonds. The van der Waals surface area contributed by atoms with Crippen molar-refractivity contribution < 1.29 is 23.8 Å². The zero-order valence-corrected chi connectivity index (χ0v) is 19.5. The van der Waals surface area contributed by atoms with Gasteiger partial charge in [-0.2, -0.15) is 0 Å². The van der Waals surface area contributed by atoms with Crippen LogP contribution in [0.5, 0.6) is 17.2 Å². The molecule has 0 fully saturated rings. The lowest BCUT2D eigenvalue weighted by Gasteiger charge is -2.10. The number of fused-ring (bicyclic) bond motifs is 2. The fourth-order valence-corrected chi connectivity index (χ4v) is 4.26. The summed E-state index contributed by atoms with van der Waals surface area (Å²) in [4.78, 5) is 25.7. The van der Waals surface area contributed by atoms with Crippen LogP contribution in [0.2, 0.25) is 5.02 Å². The van der Waals surface area contributed by atoms with Crippen LogP contribution in [0.1, 0.15) is 31.8 Å². The van der Waals surface area contributed by atoms with Gasteiger partial charge in [0.2, 0.25) is 5.78 Å². The lowest BCUT2D eigenvalue weighted by Crippen LogP contribution is -2.10. The Morgan fingerprint density at radius 3 is 2.68 bits per heavy atom. The average Bonchev–Trinajstić information content (AvgIpc) is 3.32. The summed E-state index contributed by atoms with van der Waals surface area (Å²) in [7, 11) is 3.55. The Labute approximate surface area is 200 Å². The van der Waals surface area contributed by atoms with Crippen molar-refractivity contribution in [3.05, 3.63) is 93.8 Å². The van der Waals surface area contributed by atoms with Crippen LogP contribution in [0.3, 0.4) is 0 Å². The first kappa shape index (κ1) is 21.8. The van der Waals surface area contributed by atoms with Crippen molar-refractivity contribution in [2.24, 2.45) is 7.05 Å². The molecule has 0 atom stereocenters. The van der Waals surface area contributed by atoms with E-state index in [0.29, 0.717) is 27.6 Å². The van der Waals surface area contributed by atoms with Crippen molar-refractivity contribution in [3.63, 3.8) is 0 Å². The van der Waals surface area contributed by atoms with E-state index in [1.807, 2.05) is 36.0 Å². The van der Waals surface area contributed by atoms with E-state index >= 15 is 0 Å². The molecule has 170 valence electrons. The third-order valence-corrected chi connectivity index (χ3v) is 6.18. The van der Waals surface area contributed by atoms with Crippen molar-refractivity contribution >= 4 is 40.3 Å². The molecule has 1 aromatic heterocycles. The molecule has 0 N–H and O–H groups in total. The van der Waals surface area contributed by atoms with Crippen LogP contribution in [-0.4, -0.2) is 23.4 Å². The second-order valence-corrected chi connectivity index (χ2v) is 8.36. The maximum atomic E-state index is 13.1. The van der Waals surface area contributed by atoms with E-state index in [1.165, 1.54) is 0 Å². The van der Waals surface area contributed by atoms with Gasteiger partial charge in [0.1, 0.15) is 17.2 Å². The molecule has 0 aliphatic carbocycles. The number of aryl methyl sites for hydroxylation is 1. The Kier molecular flexibility index (Phi) is 5.38. The number of allylic oxidation sites excluding steroid dienone is 1. The lowest BCUT2D eigenvalue weighted by atomic mass is 10.1. The molecule has 4 aromatic rings. The Hall–Kier alpha value is -4.03. The highest BCUT2D eigenvalue weighted by Gasteiger charge is 2.31. The minimum absolute atomic E-state index is 0.197. The topological polar surface area (TPSA) is 66.8 Å². The second-order valence-electron chi connectivity index (χ2n) is 7.95. The SMILES string of the molecule is COc1ccc2c(c1)c(C=C1Oc3c(ccc(OC(=O)c4ccccc4Cl)c3C)C1=O)cn2C. The predicted molar refractivity (Wildman–Crippen MR) is 130 cm³/mol. The molecule has 7 heteroatoms. The van der Waals surface area contributed by atoms with E-state index in [0.717, 1.165) is 22.2 Å². The summed E-state index contributed by atoms with van der Waals surface area (Å²) in [6, 6.07) is 15.6. The van der Waals surface area contributed by atoms with Gasteiger partial charge in [0.05, 0.1) is 23.3 Å². The smallest absolute Gasteiger partial charge is 0.345 e. The van der Waals surface area contributed by atoms with Gasteiger partial charge in [-0.05, 0) is 55.5 Å². The Balaban J connectivity index is 1.48. The molecular formula is C27H20ClNO5. The molecule has 1 aliphatic rings. The molecule has 0 radical (unpaired) electrons. The van der Waals surface area contributed by atoms with Crippen LogP contribution in [0.15, 0.2) is 66.6 Å². The molecule has 2 heterocycles. The number of ketones is 1. The molecule has 0 spiro atoms. The Bertz CT molecular complexity index is 1520. The number of Topliss-reactive ketones (excluding diaryl/α,β-unsaturated/α-hetero) is 1. The van der Waals surface area contributed by atoms with Gasteiger partial charge >= 0.3 is 5.97 Å². The van der Waals surface area contributed by atoms with E-state index in [9.17, 15) is 9.59 Å². The number of methoxy groups -OCH3 is 1. The van der Waals surface area contributed by atoms with Crippen LogP contribution in [-0.2, 0) is 7.05 Å². The number of benzene rings is 3. The van der Waals surface area contributed by atoms with Gasteiger partial charge in [0, 0.05) is 35.3 Å². The van der Waals surface area contributed by atoms with Crippen LogP contribution >= 0.6 is 11.6 Å². The maximum absolute atomic E-state index is 13.1. The second kappa shape index (κ2) is 8.39. The standard InChI is InChI=1S/C27H20ClNO5/c1-15-23(34-27(31)18-6-4-5-7-21(18)28)11-9-19-25(30)24(33-26(15)19)12-16-14-29(2)22-10-8-17(32-3)13-20(16)22/h4-14H,1-3H3. The minimum Gasteiger partial charge on any atom is -0.497 e. The monoisotopic (exact) mass is 473 g/mol. The molecule has 0 saturated heterocycles. The van der Waals surface area contributed by atoms with Gasteiger partial charge in [0.25, 0.3) is 0 Å². The molecule has 6 nitrogen and oxygen atoms in total. The van der Waals surface area contributed by atoms with Crippen molar-refractivity contribution in [1.82, 2.24) is 4.57 Å². The number of ether oxygens (including phenoxy) is 3. The van der Waals surface area contributed by atoms with Gasteiger partial charge in [0.15, 0.2) is 5.76 Å². The van der Waals surface area contributed by atoms with Crippen LogP contribution in [0.4, 0.5) is 0 Å². The number of hydrogen-bond acceptors (Lipinski definition) is 5. The average molecular weight is 474 g/mol. The minimum atomic E-state index is -0.585. The molecule has 0 unspecified atom stereocenters. The van der Waals surface area contributed by atoms with Crippen LogP contribution in [0, 0.1) is 6.92 Å². The lowest BCUT2D eigenvalue weighted by molar-refractivity contribution is 0.0733. The third kappa shape index (κ3) is 3.62. The quantitative estimate of drug-likeness (QED) is 0.207. The fraction of sp³-hybridized carbons (Fsp3) is 0.111. The summed E-state index contributed by atoms with van der Waals surface area (Å²) < 4.78 is 18.9. The van der Waals surface area contributed by atoms with Crippen LogP contribution < -0.4 is 14.2 Å². The predicted octanol–water partition coefficient (Wildman–Crippen LogP) is 5.98. The molecule has 3 aromatic carbocycles. The van der Waals surface area contributed by atoms with Crippen molar-refractivity contribution in [2.75, 3.05) is 7.11 Å². The maximum Gasteiger partial charge on any atom is 0.345 e. The van der Waals surface area contributed by atoms with Crippen LogP contribution in [0.25, 0.3) is 17.0 Å². The molecule has 34 heavy (non-hydrogen) atoms. The molecule has 1 aliphatic heterocycles. The van der Waals surface area contributed by atoms with Crippen molar-refractivity contribution in [1.29, 1.82) is 0 Å². The Morgan fingerprint density at radius 1 is 1.12 bits per heavy atom. The Morgan fingerprint density at radius 2 is 1.91 bits per heavy atom. The zero-order chi connectivity index (χ0) is 24.0. The van der Waals surface area contributed by atoms with Gasteiger partial charge < -0.3 is 18.8 Å². The summed E-state index contributed by atoms with van der Waals surface area (Å²) >= 11 is 6.11. The number of aromatic nitrogens is 1. The first-order valence-corrected chi connectivity index (χ1v) is 10.9. The highest BCUT2D eigenvalue weighted by Crippen LogP contribution is 2.40. The number of hydrogen-bond donors (Lipinski definition) is 0. The highest BCUT2D eigenvalue weighted by atomic mass is 35.5. The molecule has 0 saturated carbocycles. The normalized spacial score (nSPS) is 13.8. The number of rotatable bonds is 4. The summed E-state index contributed by atoms with van der Waals surface area (Å²) in [6.07, 6.45) is 3.65. The van der Waals surface area contributed by atoms with E-state index in [1.54, 1.807) is 56.5 Å². The van der Waals surface area contributed by atoms with Gasteiger partial charge in [-0.1, -0.05) is 23.7 Å². The molecule has 5 rings (SSSR count). The number of nitrogens with zero attached hydrogens (tertiary/aromatic N) is 1. The summed E-state index contributed by atoms with van der Waals surface area (Å²) in [5.41, 5.74) is 3.05. The van der Waals surface area contributed by atoms with Gasteiger partial charge in [-0.3, -0.25) is 4.79 Å². The summed E-state index contributed by atoms with van der Waals surface area (Å²) in [5.74, 6) is 0.774. The zero-order valence-electron chi connectivity index (χ0n) is 18.7. The first-order chi connectivity index (χ1) is 16.4. The highest BCUT2D eigenvalue weighted by molar-refractivity contribution is 6.33. The van der Waals surface area contributed by atoms with Crippen molar-refractivity contribution in [3.8, 4) is 17.2 Å². The largest absolute Gasteiger partial charge is 0.497 e. The number of halogens is 1. The van der Waals surface area contributed by atoms with Crippen molar-refractivity contribution in [2.45, 2.75) is 6.92 Å². The van der Waals surface area contributed by atoms with E-state index in [-0.39, 0.29) is 17.1 Å². The molecular weight excluding hydrogens is 454 g/mol. The number of carbonyl (C=O) groups excluding carboxylic acids is 2. The van der Waals surface area contributed by atoms with E-state index < -0.39 is 5.97 Å². The fourth-order valence-electron chi connectivity index (χ4n) is 4.05. The van der Waals surface area contributed by atoms with Gasteiger partial charge in [-0.15, -0.1) is 0 Å². The third-order valence-electron chi connectivity index (χ3n) is 5.85. The number of esters is 1. The summed E-state index contributed by atoms with van der Waals surface area (Å²) in [6.45, 7) is 1.74. The molecule has 0 bridgehead atoms. The van der Waals surface area contributed by atoms with E-state index in [4.69, 9.17) is 25.8 Å². The number of carbonyl (C=O) groups is 2.